The summed E-state index contributed by atoms with van der Waals surface area (Å²) in [4.78, 5) is 7.87. The van der Waals surface area contributed by atoms with Crippen molar-refractivity contribution < 1.29 is 4.74 Å². The van der Waals surface area contributed by atoms with Crippen molar-refractivity contribution >= 4 is 5.82 Å². The van der Waals surface area contributed by atoms with E-state index in [4.69, 9.17) is 10.5 Å². The molecule has 0 radical (unpaired) electrons. The van der Waals surface area contributed by atoms with Gasteiger partial charge in [0.25, 0.3) is 0 Å². The molecule has 0 saturated carbocycles. The minimum atomic E-state index is 0.510. The smallest absolute Gasteiger partial charge is 0.221 e. The van der Waals surface area contributed by atoms with E-state index in [-0.39, 0.29) is 0 Å². The van der Waals surface area contributed by atoms with Crippen LogP contribution in [-0.4, -0.2) is 16.6 Å². The van der Waals surface area contributed by atoms with E-state index in [1.165, 1.54) is 6.33 Å². The van der Waals surface area contributed by atoms with E-state index in [0.717, 1.165) is 12.0 Å². The first-order valence-electron chi connectivity index (χ1n) is 4.01. The molecule has 1 aromatic rings. The number of ether oxygens (including phenoxy) is 1. The Kier molecular flexibility index (Phi) is 2.85. The topological polar surface area (TPSA) is 61.0 Å². The van der Waals surface area contributed by atoms with Crippen LogP contribution in [-0.2, 0) is 6.42 Å². The van der Waals surface area contributed by atoms with Gasteiger partial charge in [-0.1, -0.05) is 6.92 Å². The molecule has 0 unspecified atom stereocenters. The van der Waals surface area contributed by atoms with Crippen molar-refractivity contribution in [1.29, 1.82) is 0 Å². The average Bonchev–Trinajstić information content (AvgIpc) is 2.05. The van der Waals surface area contributed by atoms with Crippen molar-refractivity contribution in [2.75, 3.05) is 12.3 Å². The molecule has 0 aliphatic heterocycles. The van der Waals surface area contributed by atoms with Crippen molar-refractivity contribution in [1.82, 2.24) is 9.97 Å². The number of hydrogen-bond donors (Lipinski definition) is 1. The molecule has 0 saturated heterocycles. The minimum absolute atomic E-state index is 0.510. The monoisotopic (exact) mass is 167 g/mol. The fourth-order valence-electron chi connectivity index (χ4n) is 1.00. The Morgan fingerprint density at radius 1 is 1.42 bits per heavy atom. The van der Waals surface area contributed by atoms with Crippen LogP contribution < -0.4 is 10.5 Å². The second kappa shape index (κ2) is 3.90. The Labute approximate surface area is 71.8 Å². The lowest BCUT2D eigenvalue weighted by Gasteiger charge is -2.07. The van der Waals surface area contributed by atoms with Crippen molar-refractivity contribution in [3.8, 4) is 5.88 Å². The van der Waals surface area contributed by atoms with Crippen molar-refractivity contribution in [3.63, 3.8) is 0 Å². The molecule has 66 valence electrons. The molecule has 1 aromatic heterocycles. The van der Waals surface area contributed by atoms with Crippen LogP contribution in [0.5, 0.6) is 5.88 Å². The zero-order chi connectivity index (χ0) is 8.97. The van der Waals surface area contributed by atoms with Crippen LogP contribution in [0.15, 0.2) is 6.33 Å². The molecule has 2 N–H and O–H groups in total. The lowest BCUT2D eigenvalue weighted by molar-refractivity contribution is 0.323. The number of anilines is 1. The van der Waals surface area contributed by atoms with Gasteiger partial charge in [0.15, 0.2) is 0 Å². The van der Waals surface area contributed by atoms with Gasteiger partial charge in [0.05, 0.1) is 12.2 Å². The first-order valence-corrected chi connectivity index (χ1v) is 4.01. The summed E-state index contributed by atoms with van der Waals surface area (Å²) < 4.78 is 5.28. The SMILES string of the molecule is CCOc1ncnc(N)c1CC. The van der Waals surface area contributed by atoms with E-state index in [1.807, 2.05) is 13.8 Å². The van der Waals surface area contributed by atoms with Gasteiger partial charge in [-0.05, 0) is 13.3 Å². The van der Waals surface area contributed by atoms with Crippen LogP contribution in [0.25, 0.3) is 0 Å². The molecule has 1 heterocycles. The Balaban J connectivity index is 3.00. The molecule has 0 atom stereocenters. The van der Waals surface area contributed by atoms with Gasteiger partial charge in [0.1, 0.15) is 12.1 Å². The number of nitrogen functional groups attached to an aromatic ring is 1. The maximum Gasteiger partial charge on any atom is 0.221 e. The van der Waals surface area contributed by atoms with Gasteiger partial charge in [-0.3, -0.25) is 0 Å². The van der Waals surface area contributed by atoms with Gasteiger partial charge >= 0.3 is 0 Å². The summed E-state index contributed by atoms with van der Waals surface area (Å²) in [6.45, 7) is 4.51. The second-order valence-electron chi connectivity index (χ2n) is 2.33. The largest absolute Gasteiger partial charge is 0.478 e. The predicted octanol–water partition coefficient (Wildman–Crippen LogP) is 1.02. The third kappa shape index (κ3) is 1.64. The zero-order valence-electron chi connectivity index (χ0n) is 7.37. The van der Waals surface area contributed by atoms with Crippen LogP contribution in [0, 0.1) is 0 Å². The Hall–Kier alpha value is -1.32. The Morgan fingerprint density at radius 3 is 2.75 bits per heavy atom. The van der Waals surface area contributed by atoms with Crippen LogP contribution in [0.1, 0.15) is 19.4 Å². The molecule has 0 aromatic carbocycles. The Bertz CT molecular complexity index is 262. The van der Waals surface area contributed by atoms with Crippen LogP contribution in [0.3, 0.4) is 0 Å². The molecular weight excluding hydrogens is 154 g/mol. The van der Waals surface area contributed by atoms with E-state index in [2.05, 4.69) is 9.97 Å². The molecule has 12 heavy (non-hydrogen) atoms. The van der Waals surface area contributed by atoms with Gasteiger partial charge in [-0.2, -0.15) is 0 Å². The van der Waals surface area contributed by atoms with Gasteiger partial charge in [0.2, 0.25) is 5.88 Å². The Morgan fingerprint density at radius 2 is 2.17 bits per heavy atom. The highest BCUT2D eigenvalue weighted by Gasteiger charge is 2.06. The lowest BCUT2D eigenvalue weighted by Crippen LogP contribution is -2.04. The van der Waals surface area contributed by atoms with Crippen molar-refractivity contribution in [3.05, 3.63) is 11.9 Å². The highest BCUT2D eigenvalue weighted by molar-refractivity contribution is 5.44. The summed E-state index contributed by atoms with van der Waals surface area (Å²) in [5.74, 6) is 1.11. The zero-order valence-corrected chi connectivity index (χ0v) is 7.37. The van der Waals surface area contributed by atoms with E-state index in [0.29, 0.717) is 18.3 Å². The molecular formula is C8H13N3O. The van der Waals surface area contributed by atoms with Crippen LogP contribution in [0.2, 0.25) is 0 Å². The molecule has 4 heteroatoms. The molecule has 0 aliphatic carbocycles. The summed E-state index contributed by atoms with van der Waals surface area (Å²) in [5, 5.41) is 0. The van der Waals surface area contributed by atoms with E-state index < -0.39 is 0 Å². The van der Waals surface area contributed by atoms with Gasteiger partial charge in [-0.25, -0.2) is 9.97 Å². The maximum absolute atomic E-state index is 5.63. The third-order valence-electron chi connectivity index (χ3n) is 1.57. The number of hydrogen-bond acceptors (Lipinski definition) is 4. The number of rotatable bonds is 3. The van der Waals surface area contributed by atoms with E-state index >= 15 is 0 Å². The van der Waals surface area contributed by atoms with Crippen LogP contribution in [0.4, 0.5) is 5.82 Å². The molecule has 1 rings (SSSR count). The van der Waals surface area contributed by atoms with Gasteiger partial charge < -0.3 is 10.5 Å². The lowest BCUT2D eigenvalue weighted by atomic mass is 10.2. The summed E-state index contributed by atoms with van der Waals surface area (Å²) in [7, 11) is 0. The summed E-state index contributed by atoms with van der Waals surface area (Å²) in [5.41, 5.74) is 6.52. The van der Waals surface area contributed by atoms with E-state index in [9.17, 15) is 0 Å². The average molecular weight is 167 g/mol. The minimum Gasteiger partial charge on any atom is -0.478 e. The number of nitrogens with zero attached hydrogens (tertiary/aromatic N) is 2. The fourth-order valence-corrected chi connectivity index (χ4v) is 1.00. The summed E-state index contributed by atoms with van der Waals surface area (Å²) in [6, 6.07) is 0. The normalized spacial score (nSPS) is 9.83. The number of nitrogens with two attached hydrogens (primary N) is 1. The molecule has 0 bridgehead atoms. The van der Waals surface area contributed by atoms with Crippen LogP contribution >= 0.6 is 0 Å². The highest BCUT2D eigenvalue weighted by Crippen LogP contribution is 2.19. The molecule has 0 fully saturated rings. The van der Waals surface area contributed by atoms with Gasteiger partial charge in [0, 0.05) is 0 Å². The first kappa shape index (κ1) is 8.77. The summed E-state index contributed by atoms with van der Waals surface area (Å²) >= 11 is 0. The first-order chi connectivity index (χ1) is 5.79. The van der Waals surface area contributed by atoms with Crippen molar-refractivity contribution in [2.45, 2.75) is 20.3 Å². The predicted molar refractivity (Wildman–Crippen MR) is 47.0 cm³/mol. The quantitative estimate of drug-likeness (QED) is 0.730. The van der Waals surface area contributed by atoms with Crippen molar-refractivity contribution in [2.24, 2.45) is 0 Å². The maximum atomic E-state index is 5.63. The van der Waals surface area contributed by atoms with E-state index in [1.54, 1.807) is 0 Å². The second-order valence-corrected chi connectivity index (χ2v) is 2.33. The van der Waals surface area contributed by atoms with Gasteiger partial charge in [-0.15, -0.1) is 0 Å². The molecule has 0 spiro atoms. The molecule has 4 nitrogen and oxygen atoms in total. The molecule has 0 aliphatic rings. The standard InChI is InChI=1S/C8H13N3O/c1-3-6-7(9)10-5-11-8(6)12-4-2/h5H,3-4H2,1-2H3,(H2,9,10,11). The summed E-state index contributed by atoms with van der Waals surface area (Å²) in [6.07, 6.45) is 2.21. The number of aromatic nitrogens is 2. The fraction of sp³-hybridized carbons (Fsp3) is 0.500. The third-order valence-corrected chi connectivity index (χ3v) is 1.57. The highest BCUT2D eigenvalue weighted by atomic mass is 16.5. The molecule has 0 amide bonds.